The molecule has 0 aliphatic heterocycles. The number of hydrogen-bond acceptors (Lipinski definition) is 6. The van der Waals surface area contributed by atoms with E-state index in [0.717, 1.165) is 25.7 Å². The third-order valence-electron chi connectivity index (χ3n) is 6.73. The molecular formula is C33H64O6S. The minimum absolute atomic E-state index is 0.114. The smallest absolute Gasteiger partial charge is 0.306 e. The van der Waals surface area contributed by atoms with E-state index in [2.05, 4.69) is 13.8 Å². The lowest BCUT2D eigenvalue weighted by atomic mass is 10.1. The lowest BCUT2D eigenvalue weighted by molar-refractivity contribution is -0.144. The zero-order valence-corrected chi connectivity index (χ0v) is 27.3. The Hall–Kier alpha value is -1.24. The molecule has 0 saturated carbocycles. The van der Waals surface area contributed by atoms with Crippen LogP contribution in [0.3, 0.4) is 0 Å². The van der Waals surface area contributed by atoms with Crippen molar-refractivity contribution in [1.82, 2.24) is 0 Å². The molecule has 0 aliphatic rings. The van der Waals surface area contributed by atoms with Crippen molar-refractivity contribution < 1.29 is 29.0 Å². The van der Waals surface area contributed by atoms with E-state index in [1.165, 1.54) is 103 Å². The number of hydrogen-bond donors (Lipinski definition) is 1. The number of carboxylic acid groups (broad SMARTS) is 1. The van der Waals surface area contributed by atoms with Gasteiger partial charge in [-0.05, 0) is 12.8 Å². The van der Waals surface area contributed by atoms with Gasteiger partial charge < -0.3 is 14.6 Å². The Balaban J connectivity index is 0. The molecule has 238 valence electrons. The van der Waals surface area contributed by atoms with Crippen LogP contribution >= 0.6 is 11.8 Å². The van der Waals surface area contributed by atoms with Gasteiger partial charge in [0.1, 0.15) is 0 Å². The van der Waals surface area contributed by atoms with Gasteiger partial charge in [0.25, 0.3) is 0 Å². The van der Waals surface area contributed by atoms with Gasteiger partial charge in [-0.15, -0.1) is 0 Å². The van der Waals surface area contributed by atoms with Crippen LogP contribution in [-0.2, 0) is 23.9 Å². The molecule has 0 fully saturated rings. The highest BCUT2D eigenvalue weighted by Gasteiger charge is 2.06. The van der Waals surface area contributed by atoms with Crippen molar-refractivity contribution in [3.8, 4) is 0 Å². The highest BCUT2D eigenvalue weighted by molar-refractivity contribution is 7.99. The summed E-state index contributed by atoms with van der Waals surface area (Å²) in [5.74, 6) is 0.449. The predicted octanol–water partition coefficient (Wildman–Crippen LogP) is 9.91. The van der Waals surface area contributed by atoms with Gasteiger partial charge in [-0.1, -0.05) is 136 Å². The average Bonchev–Trinajstić information content (AvgIpc) is 2.94. The SMILES string of the molecule is CCC(=O)O.CCCCCCCCCCCCOC(=O)CCSCCC(=O)OCCCCCCCCCCCC. The van der Waals surface area contributed by atoms with E-state index in [4.69, 9.17) is 14.6 Å². The van der Waals surface area contributed by atoms with Crippen LogP contribution in [0.15, 0.2) is 0 Å². The fourth-order valence-electron chi connectivity index (χ4n) is 4.11. The number of aliphatic carboxylic acids is 1. The van der Waals surface area contributed by atoms with Gasteiger partial charge in [0.2, 0.25) is 0 Å². The first kappa shape index (κ1) is 40.9. The van der Waals surface area contributed by atoms with Crippen LogP contribution in [0.5, 0.6) is 0 Å². The van der Waals surface area contributed by atoms with Gasteiger partial charge in [0.05, 0.1) is 26.1 Å². The average molecular weight is 589 g/mol. The van der Waals surface area contributed by atoms with Gasteiger partial charge in [0, 0.05) is 17.9 Å². The van der Waals surface area contributed by atoms with Crippen LogP contribution in [0.1, 0.15) is 168 Å². The van der Waals surface area contributed by atoms with Gasteiger partial charge >= 0.3 is 17.9 Å². The number of carboxylic acids is 1. The quantitative estimate of drug-likeness (QED) is 0.0687. The Kier molecular flexibility index (Phi) is 36.6. The topological polar surface area (TPSA) is 89.9 Å². The summed E-state index contributed by atoms with van der Waals surface area (Å²) in [5, 5.41) is 7.72. The van der Waals surface area contributed by atoms with E-state index < -0.39 is 5.97 Å². The Morgan fingerprint density at radius 3 is 1.05 bits per heavy atom. The second-order valence-corrected chi connectivity index (χ2v) is 11.9. The summed E-state index contributed by atoms with van der Waals surface area (Å²) < 4.78 is 10.6. The number of thioether (sulfide) groups is 1. The minimum atomic E-state index is -0.745. The summed E-state index contributed by atoms with van der Waals surface area (Å²) in [7, 11) is 0. The minimum Gasteiger partial charge on any atom is -0.481 e. The van der Waals surface area contributed by atoms with Crippen molar-refractivity contribution in [2.75, 3.05) is 24.7 Å². The van der Waals surface area contributed by atoms with E-state index in [-0.39, 0.29) is 18.4 Å². The molecule has 40 heavy (non-hydrogen) atoms. The van der Waals surface area contributed by atoms with Gasteiger partial charge in [-0.2, -0.15) is 11.8 Å². The molecule has 0 unspecified atom stereocenters. The second kappa shape index (κ2) is 35.8. The van der Waals surface area contributed by atoms with Crippen LogP contribution < -0.4 is 0 Å². The number of rotatable bonds is 29. The molecule has 0 heterocycles. The fraction of sp³-hybridized carbons (Fsp3) is 0.909. The molecule has 0 aromatic heterocycles. The lowest BCUT2D eigenvalue weighted by Crippen LogP contribution is -2.09. The molecule has 1 N–H and O–H groups in total. The highest BCUT2D eigenvalue weighted by atomic mass is 32.2. The summed E-state index contributed by atoms with van der Waals surface area (Å²) >= 11 is 1.63. The van der Waals surface area contributed by atoms with Crippen molar-refractivity contribution in [2.45, 2.75) is 168 Å². The second-order valence-electron chi connectivity index (χ2n) is 10.7. The summed E-state index contributed by atoms with van der Waals surface area (Å²) in [6.45, 7) is 7.20. The zero-order valence-electron chi connectivity index (χ0n) is 26.5. The van der Waals surface area contributed by atoms with Crippen molar-refractivity contribution in [3.05, 3.63) is 0 Å². The molecule has 0 aromatic rings. The molecule has 7 heteroatoms. The first-order valence-electron chi connectivity index (χ1n) is 16.6. The maximum Gasteiger partial charge on any atom is 0.306 e. The largest absolute Gasteiger partial charge is 0.481 e. The summed E-state index contributed by atoms with van der Waals surface area (Å²) in [5.41, 5.74) is 0. The summed E-state index contributed by atoms with van der Waals surface area (Å²) in [6.07, 6.45) is 26.7. The van der Waals surface area contributed by atoms with E-state index >= 15 is 0 Å². The monoisotopic (exact) mass is 588 g/mol. The number of carbonyl (C=O) groups is 3. The molecular weight excluding hydrogens is 524 g/mol. The van der Waals surface area contributed by atoms with E-state index in [1.54, 1.807) is 18.7 Å². The molecule has 0 aliphatic carbocycles. The van der Waals surface area contributed by atoms with Crippen LogP contribution in [0, 0.1) is 0 Å². The number of ether oxygens (including phenoxy) is 2. The van der Waals surface area contributed by atoms with Crippen molar-refractivity contribution >= 4 is 29.7 Å². The number of carbonyl (C=O) groups excluding carboxylic acids is 2. The molecule has 0 amide bonds. The molecule has 0 spiro atoms. The van der Waals surface area contributed by atoms with Gasteiger partial charge in [-0.3, -0.25) is 14.4 Å². The first-order valence-corrected chi connectivity index (χ1v) is 17.7. The molecule has 0 saturated heterocycles. The van der Waals surface area contributed by atoms with Gasteiger partial charge in [0.15, 0.2) is 0 Å². The Bertz CT molecular complexity index is 515. The Labute approximate surface area is 251 Å². The molecule has 6 nitrogen and oxygen atoms in total. The Morgan fingerprint density at radius 2 is 0.775 bits per heavy atom. The molecule has 0 atom stereocenters. The van der Waals surface area contributed by atoms with Crippen molar-refractivity contribution in [1.29, 1.82) is 0 Å². The van der Waals surface area contributed by atoms with Crippen molar-refractivity contribution in [3.63, 3.8) is 0 Å². The van der Waals surface area contributed by atoms with Gasteiger partial charge in [-0.25, -0.2) is 0 Å². The van der Waals surface area contributed by atoms with E-state index in [9.17, 15) is 14.4 Å². The molecule has 0 rings (SSSR count). The Morgan fingerprint density at radius 1 is 0.500 bits per heavy atom. The third-order valence-corrected chi connectivity index (χ3v) is 7.71. The van der Waals surface area contributed by atoms with E-state index in [1.807, 2.05) is 0 Å². The van der Waals surface area contributed by atoms with Crippen LogP contribution in [0.2, 0.25) is 0 Å². The maximum atomic E-state index is 11.8. The van der Waals surface area contributed by atoms with Crippen molar-refractivity contribution in [2.24, 2.45) is 0 Å². The number of unbranched alkanes of at least 4 members (excludes halogenated alkanes) is 18. The number of esters is 2. The molecule has 0 bridgehead atoms. The van der Waals surface area contributed by atoms with Crippen LogP contribution in [-0.4, -0.2) is 47.7 Å². The third kappa shape index (κ3) is 38.9. The predicted molar refractivity (Wildman–Crippen MR) is 170 cm³/mol. The fourth-order valence-corrected chi connectivity index (χ4v) is 4.93. The summed E-state index contributed by atoms with van der Waals surface area (Å²) in [6, 6.07) is 0. The maximum absolute atomic E-state index is 11.8. The standard InChI is InChI=1S/C30H58O4S.C3H6O2/c1-3-5-7-9-11-13-15-17-19-21-25-33-29(31)23-27-35-28-24-30(32)34-26-22-20-18-16-14-12-10-8-6-4-2;1-2-3(4)5/h3-28H2,1-2H3;2H2,1H3,(H,4,5). The molecule has 0 aromatic carbocycles. The zero-order chi connectivity index (χ0) is 29.9. The summed E-state index contributed by atoms with van der Waals surface area (Å²) in [4.78, 5) is 33.0. The lowest BCUT2D eigenvalue weighted by Gasteiger charge is -2.06. The first-order chi connectivity index (χ1) is 19.5. The highest BCUT2D eigenvalue weighted by Crippen LogP contribution is 2.12. The normalized spacial score (nSPS) is 10.6. The molecule has 0 radical (unpaired) electrons. The van der Waals surface area contributed by atoms with Crippen LogP contribution in [0.4, 0.5) is 0 Å². The van der Waals surface area contributed by atoms with E-state index in [0.29, 0.717) is 37.6 Å². The van der Waals surface area contributed by atoms with Crippen LogP contribution in [0.25, 0.3) is 0 Å².